The lowest BCUT2D eigenvalue weighted by atomic mass is 9.80. The van der Waals surface area contributed by atoms with E-state index in [0.29, 0.717) is 42.3 Å². The van der Waals surface area contributed by atoms with Gasteiger partial charge in [0.15, 0.2) is 17.6 Å². The van der Waals surface area contributed by atoms with Crippen LogP contribution in [0.25, 0.3) is 0 Å². The van der Waals surface area contributed by atoms with Crippen molar-refractivity contribution in [2.75, 3.05) is 33.9 Å². The van der Waals surface area contributed by atoms with Crippen LogP contribution in [0.4, 0.5) is 0 Å². The molecular formula is C32H40N2O8. The number of piperidine rings is 1. The third-order valence-electron chi connectivity index (χ3n) is 8.65. The zero-order valence-corrected chi connectivity index (χ0v) is 25.1. The second kappa shape index (κ2) is 11.4. The van der Waals surface area contributed by atoms with Gasteiger partial charge in [0.1, 0.15) is 12.4 Å². The van der Waals surface area contributed by atoms with Crippen molar-refractivity contribution in [2.45, 2.75) is 65.0 Å². The molecule has 1 aliphatic carbocycles. The fraction of sp³-hybridized carbons (Fsp3) is 0.531. The number of hydrogen-bond donors (Lipinski definition) is 1. The Bertz CT molecular complexity index is 1370. The largest absolute Gasteiger partial charge is 0.498 e. The van der Waals surface area contributed by atoms with Gasteiger partial charge in [0.05, 0.1) is 50.5 Å². The Morgan fingerprint density at radius 1 is 1.17 bits per heavy atom. The van der Waals surface area contributed by atoms with Crippen LogP contribution in [0.3, 0.4) is 0 Å². The average Bonchev–Trinajstić information content (AvgIpc) is 3.18. The van der Waals surface area contributed by atoms with E-state index in [-0.39, 0.29) is 42.8 Å². The summed E-state index contributed by atoms with van der Waals surface area (Å²) in [6.45, 7) is 9.02. The molecule has 0 unspecified atom stereocenters. The van der Waals surface area contributed by atoms with Gasteiger partial charge < -0.3 is 29.0 Å². The summed E-state index contributed by atoms with van der Waals surface area (Å²) >= 11 is 0. The van der Waals surface area contributed by atoms with E-state index in [4.69, 9.17) is 18.9 Å². The highest BCUT2D eigenvalue weighted by Gasteiger charge is 2.50. The van der Waals surface area contributed by atoms with Gasteiger partial charge in [0, 0.05) is 24.2 Å². The number of likely N-dealkylation sites (tertiary alicyclic amines) is 1. The molecule has 42 heavy (non-hydrogen) atoms. The number of ether oxygens (including phenoxy) is 4. The third-order valence-corrected chi connectivity index (χ3v) is 8.65. The Hall–Kier alpha value is -3.95. The van der Waals surface area contributed by atoms with Crippen molar-refractivity contribution in [1.29, 1.82) is 0 Å². The van der Waals surface area contributed by atoms with E-state index in [2.05, 4.69) is 26.8 Å². The molecule has 4 aliphatic rings. The van der Waals surface area contributed by atoms with Crippen LogP contribution in [0.5, 0.6) is 11.5 Å². The molecule has 0 radical (unpaired) electrons. The molecule has 0 spiro atoms. The third kappa shape index (κ3) is 5.23. The molecule has 0 bridgehead atoms. The fourth-order valence-corrected chi connectivity index (χ4v) is 6.33. The number of carboxylic acids is 1. The van der Waals surface area contributed by atoms with Gasteiger partial charge in [-0.2, -0.15) is 0 Å². The number of rotatable bonds is 6. The van der Waals surface area contributed by atoms with Gasteiger partial charge in [0.25, 0.3) is 5.91 Å². The minimum atomic E-state index is -1.09. The minimum absolute atomic E-state index is 0.129. The van der Waals surface area contributed by atoms with Crippen LogP contribution >= 0.6 is 0 Å². The quantitative estimate of drug-likeness (QED) is 0.532. The van der Waals surface area contributed by atoms with Crippen LogP contribution in [0.2, 0.25) is 0 Å². The van der Waals surface area contributed by atoms with E-state index in [0.717, 1.165) is 16.7 Å². The van der Waals surface area contributed by atoms with Crippen molar-refractivity contribution in [3.05, 3.63) is 58.7 Å². The zero-order valence-electron chi connectivity index (χ0n) is 25.1. The van der Waals surface area contributed by atoms with Crippen molar-refractivity contribution in [2.24, 2.45) is 11.3 Å². The number of nitrogens with zero attached hydrogens (tertiary/aromatic N) is 2. The fourth-order valence-electron chi connectivity index (χ4n) is 6.33. The zero-order chi connectivity index (χ0) is 30.3. The Balaban J connectivity index is 1.60. The Labute approximate surface area is 246 Å². The first-order valence-electron chi connectivity index (χ1n) is 14.4. The summed E-state index contributed by atoms with van der Waals surface area (Å²) in [7, 11) is 3.17. The van der Waals surface area contributed by atoms with Crippen LogP contribution in [-0.2, 0) is 23.9 Å². The van der Waals surface area contributed by atoms with Gasteiger partial charge in [-0.05, 0) is 36.8 Å². The smallest absolute Gasteiger partial charge is 0.308 e. The maximum absolute atomic E-state index is 14.3. The number of hydrogen-bond acceptors (Lipinski definition) is 7. The molecule has 3 aliphatic heterocycles. The summed E-state index contributed by atoms with van der Waals surface area (Å²) in [6, 6.07) is 5.31. The van der Waals surface area contributed by atoms with Gasteiger partial charge in [-0.25, -0.2) is 0 Å². The summed E-state index contributed by atoms with van der Waals surface area (Å²) in [5, 5.41) is 9.53. The van der Waals surface area contributed by atoms with Gasteiger partial charge in [0.2, 0.25) is 5.91 Å². The molecule has 5 rings (SSSR count). The molecule has 1 N–H and O–H groups in total. The molecule has 10 nitrogen and oxygen atoms in total. The van der Waals surface area contributed by atoms with E-state index >= 15 is 0 Å². The molecule has 2 amide bonds. The maximum Gasteiger partial charge on any atom is 0.308 e. The van der Waals surface area contributed by atoms with E-state index in [1.807, 2.05) is 25.1 Å². The van der Waals surface area contributed by atoms with Gasteiger partial charge in [-0.15, -0.1) is 0 Å². The molecule has 1 aromatic rings. The van der Waals surface area contributed by atoms with Crippen LogP contribution in [0, 0.1) is 11.3 Å². The number of allylic oxidation sites excluding steroid dienone is 2. The predicted molar refractivity (Wildman–Crippen MR) is 154 cm³/mol. The molecule has 0 aromatic heterocycles. The highest BCUT2D eigenvalue weighted by molar-refractivity contribution is 5.91. The monoisotopic (exact) mass is 580 g/mol. The van der Waals surface area contributed by atoms with E-state index in [1.54, 1.807) is 30.3 Å². The summed E-state index contributed by atoms with van der Waals surface area (Å²) in [6.07, 6.45) is 3.60. The van der Waals surface area contributed by atoms with Gasteiger partial charge >= 0.3 is 5.97 Å². The predicted octanol–water partition coefficient (Wildman–Crippen LogP) is 4.23. The average molecular weight is 581 g/mol. The molecular weight excluding hydrogens is 540 g/mol. The Morgan fingerprint density at radius 2 is 1.93 bits per heavy atom. The number of carbonyl (C=O) groups excluding carboxylic acids is 2. The highest BCUT2D eigenvalue weighted by Crippen LogP contribution is 2.50. The van der Waals surface area contributed by atoms with Crippen LogP contribution in [0.1, 0.15) is 58.4 Å². The van der Waals surface area contributed by atoms with Crippen molar-refractivity contribution >= 4 is 17.8 Å². The molecule has 1 fully saturated rings. The summed E-state index contributed by atoms with van der Waals surface area (Å²) in [5.41, 5.74) is 2.76. The van der Waals surface area contributed by atoms with Crippen LogP contribution in [-0.4, -0.2) is 78.8 Å². The number of aliphatic carboxylic acids is 1. The minimum Gasteiger partial charge on any atom is -0.498 e. The lowest BCUT2D eigenvalue weighted by Gasteiger charge is -2.46. The lowest BCUT2D eigenvalue weighted by Crippen LogP contribution is -2.56. The van der Waals surface area contributed by atoms with E-state index < -0.39 is 23.9 Å². The van der Waals surface area contributed by atoms with E-state index in [1.165, 1.54) is 0 Å². The summed E-state index contributed by atoms with van der Waals surface area (Å²) in [5.74, 6) is -0.900. The van der Waals surface area contributed by atoms with Crippen LogP contribution in [0.15, 0.2) is 53.1 Å². The number of para-hydroxylation sites is 1. The van der Waals surface area contributed by atoms with Crippen LogP contribution < -0.4 is 9.47 Å². The SMILES string of the molecule is COc1cccc([C@@H]2C=C(C)C3=COC[C@@H](C(C)(C)C)N4C(=O)[C@@H](CC(=O)N5CCC[C@@H](C(=O)O)C5)OC2=C34)c1OC. The van der Waals surface area contributed by atoms with Gasteiger partial charge in [-0.3, -0.25) is 19.3 Å². The highest BCUT2D eigenvalue weighted by atomic mass is 16.5. The number of benzene rings is 1. The first kappa shape index (κ1) is 29.5. The molecule has 0 saturated carbocycles. The topological polar surface area (TPSA) is 115 Å². The Morgan fingerprint density at radius 3 is 2.60 bits per heavy atom. The molecule has 4 atom stereocenters. The normalized spacial score (nSPS) is 25.8. The molecule has 1 saturated heterocycles. The number of carboxylic acid groups (broad SMARTS) is 1. The summed E-state index contributed by atoms with van der Waals surface area (Å²) < 4.78 is 24.0. The van der Waals surface area contributed by atoms with Gasteiger partial charge in [-0.1, -0.05) is 39.0 Å². The first-order chi connectivity index (χ1) is 20.0. The maximum atomic E-state index is 14.3. The molecule has 10 heteroatoms. The van der Waals surface area contributed by atoms with Crippen molar-refractivity contribution in [1.82, 2.24) is 9.80 Å². The summed E-state index contributed by atoms with van der Waals surface area (Å²) in [4.78, 5) is 42.8. The standard InChI is InChI=1S/C32H40N2O8/c1-18-13-21(20-10-7-11-23(39-5)28(20)40-6)29-27-22(18)16-41-17-25(32(2,3)4)34(27)30(36)24(42-29)14-26(35)33-12-8-9-19(15-33)31(37)38/h7,10-11,13,16,19,21,24-25H,8-9,12,14-15,17H2,1-6H3,(H,37,38)/t19-,21+,24-,25+/m1/s1. The molecule has 3 heterocycles. The van der Waals surface area contributed by atoms with E-state index in [9.17, 15) is 19.5 Å². The Kier molecular flexibility index (Phi) is 8.00. The second-order valence-corrected chi connectivity index (χ2v) is 12.4. The first-order valence-corrected chi connectivity index (χ1v) is 14.4. The lowest BCUT2D eigenvalue weighted by molar-refractivity contribution is -0.155. The number of carbonyl (C=O) groups is 3. The molecule has 226 valence electrons. The number of methoxy groups -OCH3 is 2. The van der Waals surface area contributed by atoms with Crippen molar-refractivity contribution in [3.63, 3.8) is 0 Å². The molecule has 1 aromatic carbocycles. The van der Waals surface area contributed by atoms with Crippen molar-refractivity contribution < 1.29 is 38.4 Å². The number of amides is 2. The second-order valence-electron chi connectivity index (χ2n) is 12.4. The van der Waals surface area contributed by atoms with Crippen molar-refractivity contribution in [3.8, 4) is 11.5 Å².